The minimum atomic E-state index is -0.491. The van der Waals surface area contributed by atoms with Crippen molar-refractivity contribution in [2.75, 3.05) is 16.8 Å². The van der Waals surface area contributed by atoms with Gasteiger partial charge in [-0.25, -0.2) is 4.98 Å². The van der Waals surface area contributed by atoms with Crippen LogP contribution in [0.1, 0.15) is 40.9 Å². The summed E-state index contributed by atoms with van der Waals surface area (Å²) in [5.41, 5.74) is 5.08. The molecule has 3 heterocycles. The highest BCUT2D eigenvalue weighted by Gasteiger charge is 2.35. The molecule has 1 fully saturated rings. The molecule has 33 heavy (non-hydrogen) atoms. The lowest BCUT2D eigenvalue weighted by atomic mass is 10.1. The highest BCUT2D eigenvalue weighted by atomic mass is 16.2. The maximum atomic E-state index is 13.1. The third-order valence-electron chi connectivity index (χ3n) is 6.51. The third-order valence-corrected chi connectivity index (χ3v) is 6.51. The zero-order chi connectivity index (χ0) is 23.3. The summed E-state index contributed by atoms with van der Waals surface area (Å²) in [5.74, 6) is -0.138. The number of hydrogen-bond acceptors (Lipinski definition) is 5. The molecule has 0 spiro atoms. The van der Waals surface area contributed by atoms with Gasteiger partial charge >= 0.3 is 0 Å². The Balaban J connectivity index is 1.37. The lowest BCUT2D eigenvalue weighted by Crippen LogP contribution is -2.29. The first-order valence-electron chi connectivity index (χ1n) is 11.2. The third kappa shape index (κ3) is 3.83. The summed E-state index contributed by atoms with van der Waals surface area (Å²) in [5, 5.41) is 7.31. The van der Waals surface area contributed by atoms with E-state index in [2.05, 4.69) is 20.4 Å². The standard InChI is InChI=1S/C24H26N6O3/c1-13-7-8-17(9-14(13)2)29-12-16(11-21(29)31)22(32)26-20-10-15(3)28-30(20)24-25-19-6-4-5-18(19)23(33)27-24/h7-10,16H,4-6,11-12H2,1-3H3,(H,26,32)(H,25,27,33)/t16-/m1/s1. The van der Waals surface area contributed by atoms with Crippen LogP contribution in [0.15, 0.2) is 29.1 Å². The van der Waals surface area contributed by atoms with Crippen LogP contribution < -0.4 is 15.8 Å². The smallest absolute Gasteiger partial charge is 0.255 e. The van der Waals surface area contributed by atoms with E-state index in [9.17, 15) is 14.4 Å². The number of nitrogens with zero attached hydrogens (tertiary/aromatic N) is 4. The molecule has 2 amide bonds. The van der Waals surface area contributed by atoms with Crippen molar-refractivity contribution in [2.45, 2.75) is 46.5 Å². The van der Waals surface area contributed by atoms with Crippen LogP contribution in [0.5, 0.6) is 0 Å². The van der Waals surface area contributed by atoms with E-state index in [0.717, 1.165) is 47.3 Å². The summed E-state index contributed by atoms with van der Waals surface area (Å²) in [6.45, 7) is 6.15. The highest BCUT2D eigenvalue weighted by molar-refractivity contribution is 6.03. The van der Waals surface area contributed by atoms with Crippen LogP contribution in [0.4, 0.5) is 11.5 Å². The van der Waals surface area contributed by atoms with E-state index < -0.39 is 5.92 Å². The van der Waals surface area contributed by atoms with Gasteiger partial charge in [-0.1, -0.05) is 6.07 Å². The number of nitrogens with one attached hydrogen (secondary N) is 2. The number of fused-ring (bicyclic) bond motifs is 1. The summed E-state index contributed by atoms with van der Waals surface area (Å²) in [4.78, 5) is 47.2. The Morgan fingerprint density at radius 3 is 2.73 bits per heavy atom. The Kier molecular flexibility index (Phi) is 5.11. The fourth-order valence-electron chi connectivity index (χ4n) is 4.53. The fraction of sp³-hybridized carbons (Fsp3) is 0.375. The normalized spacial score (nSPS) is 17.5. The quantitative estimate of drug-likeness (QED) is 0.639. The number of H-pyrrole nitrogens is 1. The average molecular weight is 447 g/mol. The van der Waals surface area contributed by atoms with Gasteiger partial charge in [0.2, 0.25) is 17.8 Å². The molecule has 0 saturated carbocycles. The lowest BCUT2D eigenvalue weighted by molar-refractivity contribution is -0.122. The van der Waals surface area contributed by atoms with Crippen molar-refractivity contribution in [3.63, 3.8) is 0 Å². The molecule has 1 aliphatic heterocycles. The zero-order valence-electron chi connectivity index (χ0n) is 18.9. The van der Waals surface area contributed by atoms with E-state index in [0.29, 0.717) is 18.1 Å². The second-order valence-electron chi connectivity index (χ2n) is 8.91. The Labute approximate surface area is 190 Å². The summed E-state index contributed by atoms with van der Waals surface area (Å²) in [6, 6.07) is 7.59. The molecular formula is C24H26N6O3. The Bertz CT molecular complexity index is 1340. The number of aryl methyl sites for hydroxylation is 4. The number of carbonyl (C=O) groups excluding carboxylic acids is 2. The van der Waals surface area contributed by atoms with Crippen LogP contribution in [0, 0.1) is 26.7 Å². The van der Waals surface area contributed by atoms with Crippen LogP contribution >= 0.6 is 0 Å². The first-order valence-corrected chi connectivity index (χ1v) is 11.2. The van der Waals surface area contributed by atoms with Gasteiger partial charge in [0.15, 0.2) is 0 Å². The molecule has 9 heteroatoms. The first-order chi connectivity index (χ1) is 15.8. The molecule has 170 valence electrons. The summed E-state index contributed by atoms with van der Waals surface area (Å²) >= 11 is 0. The van der Waals surface area contributed by atoms with Crippen molar-refractivity contribution in [3.8, 4) is 5.95 Å². The van der Waals surface area contributed by atoms with E-state index >= 15 is 0 Å². The van der Waals surface area contributed by atoms with Gasteiger partial charge in [0.25, 0.3) is 5.56 Å². The fourth-order valence-corrected chi connectivity index (χ4v) is 4.53. The lowest BCUT2D eigenvalue weighted by Gasteiger charge is -2.18. The maximum Gasteiger partial charge on any atom is 0.255 e. The van der Waals surface area contributed by atoms with Crippen LogP contribution in [0.2, 0.25) is 0 Å². The number of anilines is 2. The topological polar surface area (TPSA) is 113 Å². The van der Waals surface area contributed by atoms with E-state index in [4.69, 9.17) is 0 Å². The van der Waals surface area contributed by atoms with Crippen molar-refractivity contribution < 1.29 is 9.59 Å². The zero-order valence-corrected chi connectivity index (χ0v) is 18.9. The van der Waals surface area contributed by atoms with Gasteiger partial charge in [0.05, 0.1) is 17.3 Å². The van der Waals surface area contributed by atoms with Crippen LogP contribution in [0.3, 0.4) is 0 Å². The largest absolute Gasteiger partial charge is 0.312 e. The number of hydrogen-bond donors (Lipinski definition) is 2. The Hall–Kier alpha value is -3.75. The molecule has 1 aromatic carbocycles. The second-order valence-corrected chi connectivity index (χ2v) is 8.91. The molecule has 1 saturated heterocycles. The molecule has 1 aliphatic carbocycles. The monoisotopic (exact) mass is 446 g/mol. The molecular weight excluding hydrogens is 420 g/mol. The Morgan fingerprint density at radius 2 is 1.94 bits per heavy atom. The van der Waals surface area contributed by atoms with E-state index in [-0.39, 0.29) is 29.7 Å². The number of benzene rings is 1. The van der Waals surface area contributed by atoms with Gasteiger partial charge in [-0.2, -0.15) is 9.78 Å². The number of aromatic amines is 1. The molecule has 1 atom stereocenters. The summed E-state index contributed by atoms with van der Waals surface area (Å²) < 4.78 is 1.45. The van der Waals surface area contributed by atoms with Gasteiger partial charge in [-0.15, -0.1) is 0 Å². The molecule has 9 nitrogen and oxygen atoms in total. The summed E-state index contributed by atoms with van der Waals surface area (Å²) in [6.07, 6.45) is 2.53. The highest BCUT2D eigenvalue weighted by Crippen LogP contribution is 2.28. The van der Waals surface area contributed by atoms with E-state index in [1.54, 1.807) is 17.9 Å². The van der Waals surface area contributed by atoms with Crippen molar-refractivity contribution in [1.29, 1.82) is 0 Å². The molecule has 2 aliphatic rings. The molecule has 2 aromatic heterocycles. The van der Waals surface area contributed by atoms with Crippen molar-refractivity contribution >= 4 is 23.3 Å². The van der Waals surface area contributed by atoms with Crippen molar-refractivity contribution in [1.82, 2.24) is 19.7 Å². The Morgan fingerprint density at radius 1 is 1.12 bits per heavy atom. The SMILES string of the molecule is Cc1cc(NC(=O)[C@@H]2CC(=O)N(c3ccc(C)c(C)c3)C2)n(-c2nc3c(c(=O)[nH]2)CCC3)n1. The molecule has 0 radical (unpaired) electrons. The summed E-state index contributed by atoms with van der Waals surface area (Å²) in [7, 11) is 0. The van der Waals surface area contributed by atoms with E-state index in [1.165, 1.54) is 4.68 Å². The second kappa shape index (κ2) is 7.99. The molecule has 3 aromatic rings. The number of aromatic nitrogens is 4. The van der Waals surface area contributed by atoms with Crippen molar-refractivity contribution in [3.05, 3.63) is 62.7 Å². The minimum absolute atomic E-state index is 0.0762. The molecule has 0 unspecified atom stereocenters. The maximum absolute atomic E-state index is 13.1. The van der Waals surface area contributed by atoms with Crippen LogP contribution in [-0.2, 0) is 22.4 Å². The van der Waals surface area contributed by atoms with Crippen molar-refractivity contribution in [2.24, 2.45) is 5.92 Å². The molecule has 5 rings (SSSR count). The van der Waals surface area contributed by atoms with Gasteiger partial charge in [-0.3, -0.25) is 19.4 Å². The molecule has 2 N–H and O–H groups in total. The minimum Gasteiger partial charge on any atom is -0.312 e. The molecule has 0 bridgehead atoms. The van der Waals surface area contributed by atoms with Gasteiger partial charge in [-0.05, 0) is 63.3 Å². The predicted octanol–water partition coefficient (Wildman–Crippen LogP) is 2.36. The predicted molar refractivity (Wildman–Crippen MR) is 124 cm³/mol. The van der Waals surface area contributed by atoms with Gasteiger partial charge in [0, 0.05) is 30.3 Å². The number of amides is 2. The number of carbonyl (C=O) groups is 2. The number of rotatable bonds is 4. The first kappa shape index (κ1) is 21.1. The van der Waals surface area contributed by atoms with Gasteiger partial charge in [0.1, 0.15) is 5.82 Å². The average Bonchev–Trinajstić information content (AvgIpc) is 3.48. The van der Waals surface area contributed by atoms with E-state index in [1.807, 2.05) is 32.0 Å². The van der Waals surface area contributed by atoms with Crippen LogP contribution in [-0.4, -0.2) is 38.1 Å². The van der Waals surface area contributed by atoms with Crippen LogP contribution in [0.25, 0.3) is 5.95 Å². The van der Waals surface area contributed by atoms with Gasteiger partial charge < -0.3 is 10.2 Å².